The molecule has 0 unspecified atom stereocenters. The van der Waals surface area contributed by atoms with Crippen LogP contribution >= 0.6 is 11.9 Å². The molecule has 1 heterocycles. The van der Waals surface area contributed by atoms with Crippen LogP contribution in [0.3, 0.4) is 0 Å². The first-order chi connectivity index (χ1) is 17.4. The number of piperazine rings is 1. The Balaban J connectivity index is 1.39. The molecule has 1 saturated heterocycles. The molecular weight excluding hydrogens is 476 g/mol. The lowest BCUT2D eigenvalue weighted by Crippen LogP contribution is -2.42. The topological polar surface area (TPSA) is 90.3 Å². The first-order valence-corrected chi connectivity index (χ1v) is 12.6. The highest BCUT2D eigenvalue weighted by Crippen LogP contribution is 2.27. The van der Waals surface area contributed by atoms with Crippen LogP contribution in [0.25, 0.3) is 0 Å². The molecule has 0 radical (unpaired) electrons. The number of rotatable bonds is 10. The van der Waals surface area contributed by atoms with Gasteiger partial charge in [0.25, 0.3) is 0 Å². The molecule has 1 fully saturated rings. The number of aryl methyl sites for hydroxylation is 1. The lowest BCUT2D eigenvalue weighted by molar-refractivity contribution is -0.136. The molecule has 2 N–H and O–H groups in total. The van der Waals surface area contributed by atoms with E-state index in [4.69, 9.17) is 9.84 Å². The predicted octanol–water partition coefficient (Wildman–Crippen LogP) is 4.72. The monoisotopic (exact) mass is 506 g/mol. The summed E-state index contributed by atoms with van der Waals surface area (Å²) in [5.41, 5.74) is 4.05. The molecule has 3 aromatic rings. The second-order valence-electron chi connectivity index (χ2n) is 8.91. The number of benzene rings is 3. The third-order valence-corrected chi connectivity index (χ3v) is 7.16. The van der Waals surface area contributed by atoms with Crippen LogP contribution in [0.15, 0.2) is 71.6 Å². The van der Waals surface area contributed by atoms with Crippen LogP contribution in [-0.4, -0.2) is 57.5 Å². The molecule has 0 amide bonds. The van der Waals surface area contributed by atoms with Crippen molar-refractivity contribution in [1.82, 2.24) is 9.21 Å². The quantitative estimate of drug-likeness (QED) is 0.382. The van der Waals surface area contributed by atoms with E-state index in [0.717, 1.165) is 42.9 Å². The molecule has 3 aromatic carbocycles. The molecule has 0 aromatic heterocycles. The Bertz CT molecular complexity index is 1190. The summed E-state index contributed by atoms with van der Waals surface area (Å²) in [7, 11) is 0. The highest BCUT2D eigenvalue weighted by atomic mass is 32.2. The second-order valence-corrected chi connectivity index (χ2v) is 10.1. The Hall–Kier alpha value is -3.33. The van der Waals surface area contributed by atoms with Gasteiger partial charge in [0.15, 0.2) is 0 Å². The van der Waals surface area contributed by atoms with E-state index < -0.39 is 11.9 Å². The van der Waals surface area contributed by atoms with Crippen LogP contribution in [0.1, 0.15) is 32.6 Å². The van der Waals surface area contributed by atoms with E-state index in [1.165, 1.54) is 10.5 Å². The first-order valence-electron chi connectivity index (χ1n) is 11.9. The molecule has 1 aliphatic heterocycles. The molecule has 0 atom stereocenters. The molecule has 1 aliphatic rings. The highest BCUT2D eigenvalue weighted by molar-refractivity contribution is 7.97. The molecule has 4 rings (SSSR count). The van der Waals surface area contributed by atoms with Gasteiger partial charge in [0.05, 0.1) is 12.0 Å². The van der Waals surface area contributed by atoms with Crippen molar-refractivity contribution in [2.75, 3.05) is 26.2 Å². The lowest BCUT2D eigenvalue weighted by Gasteiger charge is -2.34. The summed E-state index contributed by atoms with van der Waals surface area (Å²) >= 11 is 1.78. The fourth-order valence-electron chi connectivity index (χ4n) is 4.05. The van der Waals surface area contributed by atoms with Crippen molar-refractivity contribution < 1.29 is 24.5 Å². The number of aromatic carboxylic acids is 1. The van der Waals surface area contributed by atoms with E-state index in [1.54, 1.807) is 42.3 Å². The van der Waals surface area contributed by atoms with Crippen molar-refractivity contribution in [3.05, 3.63) is 94.5 Å². The number of carboxylic acids is 2. The summed E-state index contributed by atoms with van der Waals surface area (Å²) in [6.45, 7) is 6.72. The van der Waals surface area contributed by atoms with Gasteiger partial charge < -0.3 is 14.9 Å². The number of ether oxygens (including phenoxy) is 1. The number of hydrogen-bond donors (Lipinski definition) is 2. The zero-order valence-electron chi connectivity index (χ0n) is 20.2. The summed E-state index contributed by atoms with van der Waals surface area (Å²) in [4.78, 5) is 25.9. The summed E-state index contributed by atoms with van der Waals surface area (Å²) < 4.78 is 8.47. The van der Waals surface area contributed by atoms with Crippen LogP contribution in [0.5, 0.6) is 5.75 Å². The van der Waals surface area contributed by atoms with Crippen molar-refractivity contribution in [2.45, 2.75) is 31.4 Å². The van der Waals surface area contributed by atoms with Gasteiger partial charge in [-0.3, -0.25) is 9.69 Å². The Labute approximate surface area is 215 Å². The molecule has 7 nitrogen and oxygen atoms in total. The minimum Gasteiger partial charge on any atom is -0.489 e. The lowest BCUT2D eigenvalue weighted by atomic mass is 10.1. The Morgan fingerprint density at radius 2 is 1.56 bits per heavy atom. The zero-order valence-corrected chi connectivity index (χ0v) is 21.0. The molecule has 188 valence electrons. The number of nitrogens with zero attached hydrogens (tertiary/aromatic N) is 2. The molecule has 0 aliphatic carbocycles. The standard InChI is InChI=1S/C28H30N2O5S/c1-20-2-9-25(10-3-20)36-30-14-12-29(13-15-30)18-24-16-22(17-27(31)32)6-11-26(24)35-19-21-4-7-23(8-5-21)28(33)34/h2-11,16H,12-15,17-19H2,1H3,(H,31,32)(H,33,34). The van der Waals surface area contributed by atoms with Gasteiger partial charge >= 0.3 is 11.9 Å². The van der Waals surface area contributed by atoms with Crippen molar-refractivity contribution in [3.8, 4) is 5.75 Å². The van der Waals surface area contributed by atoms with Crippen LogP contribution in [-0.2, 0) is 24.4 Å². The van der Waals surface area contributed by atoms with E-state index in [1.807, 2.05) is 12.1 Å². The average Bonchev–Trinajstić information content (AvgIpc) is 2.86. The number of aliphatic carboxylic acids is 1. The van der Waals surface area contributed by atoms with E-state index in [-0.39, 0.29) is 12.0 Å². The van der Waals surface area contributed by atoms with Gasteiger partial charge in [-0.25, -0.2) is 9.10 Å². The first kappa shape index (κ1) is 25.8. The number of carbonyl (C=O) groups is 2. The average molecular weight is 507 g/mol. The highest BCUT2D eigenvalue weighted by Gasteiger charge is 2.20. The maximum atomic E-state index is 11.3. The molecule has 0 saturated carbocycles. The number of carboxylic acid groups (broad SMARTS) is 2. The second kappa shape index (κ2) is 12.1. The fourth-order valence-corrected chi connectivity index (χ4v) is 4.96. The minimum absolute atomic E-state index is 0.0368. The van der Waals surface area contributed by atoms with E-state index in [9.17, 15) is 14.7 Å². The fraction of sp³-hybridized carbons (Fsp3) is 0.286. The molecule has 36 heavy (non-hydrogen) atoms. The number of hydrogen-bond acceptors (Lipinski definition) is 6. The normalized spacial score (nSPS) is 14.5. The van der Waals surface area contributed by atoms with Gasteiger partial charge in [0.1, 0.15) is 12.4 Å². The summed E-state index contributed by atoms with van der Waals surface area (Å²) in [6, 6.07) is 20.7. The Morgan fingerprint density at radius 1 is 0.889 bits per heavy atom. The molecule has 8 heteroatoms. The smallest absolute Gasteiger partial charge is 0.335 e. The van der Waals surface area contributed by atoms with Gasteiger partial charge in [-0.1, -0.05) is 42.0 Å². The largest absolute Gasteiger partial charge is 0.489 e. The van der Waals surface area contributed by atoms with Crippen LogP contribution in [0, 0.1) is 6.92 Å². The third kappa shape index (κ3) is 7.34. The Kier molecular flexibility index (Phi) is 8.64. The SMILES string of the molecule is Cc1ccc(SN2CCN(Cc3cc(CC(=O)O)ccc3OCc3ccc(C(=O)O)cc3)CC2)cc1. The third-order valence-electron chi connectivity index (χ3n) is 6.06. The van der Waals surface area contributed by atoms with E-state index >= 15 is 0 Å². The van der Waals surface area contributed by atoms with Crippen molar-refractivity contribution in [3.63, 3.8) is 0 Å². The van der Waals surface area contributed by atoms with Crippen molar-refractivity contribution in [2.24, 2.45) is 0 Å². The van der Waals surface area contributed by atoms with E-state index in [2.05, 4.69) is 40.4 Å². The maximum absolute atomic E-state index is 11.3. The maximum Gasteiger partial charge on any atom is 0.335 e. The Morgan fingerprint density at radius 3 is 2.19 bits per heavy atom. The van der Waals surface area contributed by atoms with Crippen molar-refractivity contribution in [1.29, 1.82) is 0 Å². The summed E-state index contributed by atoms with van der Waals surface area (Å²) in [5.74, 6) is -1.12. The minimum atomic E-state index is -0.962. The van der Waals surface area contributed by atoms with Gasteiger partial charge in [-0.05, 0) is 60.3 Å². The van der Waals surface area contributed by atoms with E-state index in [0.29, 0.717) is 18.9 Å². The van der Waals surface area contributed by atoms with Crippen molar-refractivity contribution >= 4 is 23.9 Å². The summed E-state index contributed by atoms with van der Waals surface area (Å²) in [6.07, 6.45) is -0.0368. The molecule has 0 bridgehead atoms. The van der Waals surface area contributed by atoms with Gasteiger partial charge in [-0.15, -0.1) is 0 Å². The summed E-state index contributed by atoms with van der Waals surface area (Å²) in [5, 5.41) is 18.3. The van der Waals surface area contributed by atoms with Gasteiger partial charge in [0, 0.05) is 43.2 Å². The molecule has 0 spiro atoms. The van der Waals surface area contributed by atoms with Crippen LogP contribution < -0.4 is 4.74 Å². The predicted molar refractivity (Wildman–Crippen MR) is 139 cm³/mol. The van der Waals surface area contributed by atoms with Crippen LogP contribution in [0.2, 0.25) is 0 Å². The van der Waals surface area contributed by atoms with Gasteiger partial charge in [-0.2, -0.15) is 0 Å². The zero-order chi connectivity index (χ0) is 25.5. The van der Waals surface area contributed by atoms with Crippen LogP contribution in [0.4, 0.5) is 0 Å². The van der Waals surface area contributed by atoms with Gasteiger partial charge in [0.2, 0.25) is 0 Å². The molecular formula is C28H30N2O5S.